The van der Waals surface area contributed by atoms with Crippen LogP contribution in [0.4, 0.5) is 0 Å². The summed E-state index contributed by atoms with van der Waals surface area (Å²) in [6.45, 7) is 4.99. The lowest BCUT2D eigenvalue weighted by Gasteiger charge is -2.24. The van der Waals surface area contributed by atoms with Crippen molar-refractivity contribution >= 4 is 5.91 Å². The van der Waals surface area contributed by atoms with E-state index in [2.05, 4.69) is 16.7 Å². The van der Waals surface area contributed by atoms with E-state index in [1.165, 1.54) is 32.1 Å². The van der Waals surface area contributed by atoms with Gasteiger partial charge in [0.1, 0.15) is 0 Å². The first-order valence-electron chi connectivity index (χ1n) is 5.86. The Balaban J connectivity index is 1.86. The first-order valence-corrected chi connectivity index (χ1v) is 5.86. The molecule has 0 aromatic rings. The zero-order valence-corrected chi connectivity index (χ0v) is 9.04. The molecular weight excluding hydrogens is 176 g/mol. The number of fused-ring (bicyclic) bond motifs is 1. The molecule has 0 aromatic carbocycles. The van der Waals surface area contributed by atoms with Crippen molar-refractivity contribution in [2.75, 3.05) is 19.6 Å². The first kappa shape index (κ1) is 9.97. The Bertz CT molecular complexity index is 217. The predicted octanol–water partition coefficient (Wildman–Crippen LogP) is 1.44. The number of carbonyl (C=O) groups is 1. The maximum Gasteiger partial charge on any atom is 0.238 e. The fourth-order valence-electron chi connectivity index (χ4n) is 2.58. The van der Waals surface area contributed by atoms with E-state index < -0.39 is 0 Å². The summed E-state index contributed by atoms with van der Waals surface area (Å²) in [6.07, 6.45) is 6.57. The summed E-state index contributed by atoms with van der Waals surface area (Å²) in [4.78, 5) is 16.1. The molecule has 2 fully saturated rings. The Kier molecular flexibility index (Phi) is 3.06. The van der Waals surface area contributed by atoms with Crippen LogP contribution in [0.15, 0.2) is 0 Å². The van der Waals surface area contributed by atoms with Crippen LogP contribution in [0.5, 0.6) is 0 Å². The molecule has 2 saturated heterocycles. The van der Waals surface area contributed by atoms with Gasteiger partial charge >= 0.3 is 0 Å². The van der Waals surface area contributed by atoms with Crippen LogP contribution in [0, 0.1) is 0 Å². The zero-order valence-electron chi connectivity index (χ0n) is 9.04. The highest BCUT2D eigenvalue weighted by Crippen LogP contribution is 2.26. The highest BCUT2D eigenvalue weighted by atomic mass is 16.2. The molecule has 2 aliphatic heterocycles. The lowest BCUT2D eigenvalue weighted by Crippen LogP contribution is -2.36. The topological polar surface area (TPSA) is 23.6 Å². The standard InChI is InChI=1S/C11H20N2O/c1-2-3-4-8-13-10-6-5-7-12(10)9-11(13)14/h10H,2-9H2,1H3. The molecule has 3 nitrogen and oxygen atoms in total. The minimum Gasteiger partial charge on any atom is -0.326 e. The van der Waals surface area contributed by atoms with Crippen LogP contribution in [0.25, 0.3) is 0 Å². The molecule has 80 valence electrons. The van der Waals surface area contributed by atoms with Crippen molar-refractivity contribution in [1.29, 1.82) is 0 Å². The monoisotopic (exact) mass is 196 g/mol. The molecule has 2 heterocycles. The van der Waals surface area contributed by atoms with Crippen molar-refractivity contribution in [3.05, 3.63) is 0 Å². The van der Waals surface area contributed by atoms with Crippen LogP contribution in [0.2, 0.25) is 0 Å². The van der Waals surface area contributed by atoms with Crippen LogP contribution in [0.1, 0.15) is 39.0 Å². The molecular formula is C11H20N2O. The molecule has 0 N–H and O–H groups in total. The third-order valence-electron chi connectivity index (χ3n) is 3.35. The second-order valence-corrected chi connectivity index (χ2v) is 4.39. The molecule has 3 heteroatoms. The maximum atomic E-state index is 11.7. The number of hydrogen-bond acceptors (Lipinski definition) is 2. The third-order valence-corrected chi connectivity index (χ3v) is 3.35. The molecule has 0 spiro atoms. The Morgan fingerprint density at radius 2 is 2.29 bits per heavy atom. The average Bonchev–Trinajstić information content (AvgIpc) is 2.69. The number of rotatable bonds is 4. The van der Waals surface area contributed by atoms with E-state index >= 15 is 0 Å². The van der Waals surface area contributed by atoms with Crippen LogP contribution in [-0.2, 0) is 4.79 Å². The molecule has 0 saturated carbocycles. The van der Waals surface area contributed by atoms with Gasteiger partial charge in [-0.05, 0) is 19.3 Å². The maximum absolute atomic E-state index is 11.7. The quantitative estimate of drug-likeness (QED) is 0.635. The average molecular weight is 196 g/mol. The molecule has 0 radical (unpaired) electrons. The van der Waals surface area contributed by atoms with Crippen LogP contribution in [0.3, 0.4) is 0 Å². The number of amides is 1. The summed E-state index contributed by atoms with van der Waals surface area (Å²) in [5.41, 5.74) is 0. The minimum absolute atomic E-state index is 0.353. The highest BCUT2D eigenvalue weighted by Gasteiger charge is 2.39. The fraction of sp³-hybridized carbons (Fsp3) is 0.909. The van der Waals surface area contributed by atoms with Crippen molar-refractivity contribution < 1.29 is 4.79 Å². The van der Waals surface area contributed by atoms with E-state index in [0.29, 0.717) is 18.6 Å². The summed E-state index contributed by atoms with van der Waals surface area (Å²) in [6, 6.07) is 0. The molecule has 1 unspecified atom stereocenters. The Morgan fingerprint density at radius 3 is 3.07 bits per heavy atom. The smallest absolute Gasteiger partial charge is 0.238 e. The molecule has 0 aliphatic carbocycles. The van der Waals surface area contributed by atoms with Gasteiger partial charge in [-0.2, -0.15) is 0 Å². The second kappa shape index (κ2) is 4.30. The van der Waals surface area contributed by atoms with Crippen molar-refractivity contribution in [2.24, 2.45) is 0 Å². The van der Waals surface area contributed by atoms with Gasteiger partial charge in [0, 0.05) is 13.1 Å². The predicted molar refractivity (Wildman–Crippen MR) is 55.8 cm³/mol. The van der Waals surface area contributed by atoms with E-state index in [-0.39, 0.29) is 0 Å². The number of nitrogens with zero attached hydrogens (tertiary/aromatic N) is 2. The Hall–Kier alpha value is -0.570. The molecule has 0 bridgehead atoms. The molecule has 2 rings (SSSR count). The van der Waals surface area contributed by atoms with Crippen LogP contribution in [-0.4, -0.2) is 41.5 Å². The normalized spacial score (nSPS) is 27.4. The minimum atomic E-state index is 0.353. The van der Waals surface area contributed by atoms with E-state index in [0.717, 1.165) is 13.1 Å². The third kappa shape index (κ3) is 1.78. The number of hydrogen-bond donors (Lipinski definition) is 0. The van der Waals surface area contributed by atoms with Crippen molar-refractivity contribution in [3.63, 3.8) is 0 Å². The van der Waals surface area contributed by atoms with E-state index in [1.54, 1.807) is 0 Å². The van der Waals surface area contributed by atoms with Gasteiger partial charge in [0.2, 0.25) is 5.91 Å². The van der Waals surface area contributed by atoms with E-state index in [1.807, 2.05) is 0 Å². The molecule has 2 aliphatic rings. The molecule has 14 heavy (non-hydrogen) atoms. The SMILES string of the molecule is CCCCCN1C(=O)CN2CCCC21. The molecule has 1 atom stereocenters. The summed E-state index contributed by atoms with van der Waals surface area (Å²) in [5, 5.41) is 0. The second-order valence-electron chi connectivity index (χ2n) is 4.39. The number of carbonyl (C=O) groups excluding carboxylic acids is 1. The molecule has 1 amide bonds. The first-order chi connectivity index (χ1) is 6.83. The van der Waals surface area contributed by atoms with Gasteiger partial charge in [-0.3, -0.25) is 9.69 Å². The Labute approximate surface area is 86.1 Å². The highest BCUT2D eigenvalue weighted by molar-refractivity contribution is 5.80. The lowest BCUT2D eigenvalue weighted by atomic mass is 10.2. The van der Waals surface area contributed by atoms with Crippen molar-refractivity contribution in [1.82, 2.24) is 9.80 Å². The number of unbranched alkanes of at least 4 members (excludes halogenated alkanes) is 2. The zero-order chi connectivity index (χ0) is 9.97. The lowest BCUT2D eigenvalue weighted by molar-refractivity contribution is -0.128. The summed E-state index contributed by atoms with van der Waals surface area (Å²) in [7, 11) is 0. The van der Waals surface area contributed by atoms with Gasteiger partial charge in [-0.25, -0.2) is 0 Å². The largest absolute Gasteiger partial charge is 0.326 e. The van der Waals surface area contributed by atoms with Gasteiger partial charge in [-0.15, -0.1) is 0 Å². The van der Waals surface area contributed by atoms with Gasteiger partial charge in [-0.1, -0.05) is 19.8 Å². The van der Waals surface area contributed by atoms with Crippen molar-refractivity contribution in [2.45, 2.75) is 45.2 Å². The van der Waals surface area contributed by atoms with Crippen LogP contribution < -0.4 is 0 Å². The Morgan fingerprint density at radius 1 is 1.43 bits per heavy atom. The van der Waals surface area contributed by atoms with E-state index in [4.69, 9.17) is 0 Å². The molecule has 0 aromatic heterocycles. The van der Waals surface area contributed by atoms with Gasteiger partial charge in [0.25, 0.3) is 0 Å². The summed E-state index contributed by atoms with van der Waals surface area (Å²) in [5.74, 6) is 0.353. The van der Waals surface area contributed by atoms with Gasteiger partial charge < -0.3 is 4.90 Å². The summed E-state index contributed by atoms with van der Waals surface area (Å²) < 4.78 is 0. The van der Waals surface area contributed by atoms with Crippen molar-refractivity contribution in [3.8, 4) is 0 Å². The van der Waals surface area contributed by atoms with Gasteiger partial charge in [0.05, 0.1) is 12.7 Å². The van der Waals surface area contributed by atoms with E-state index in [9.17, 15) is 4.79 Å². The van der Waals surface area contributed by atoms with Crippen LogP contribution >= 0.6 is 0 Å². The fourth-order valence-corrected chi connectivity index (χ4v) is 2.58. The van der Waals surface area contributed by atoms with Gasteiger partial charge in [0.15, 0.2) is 0 Å². The summed E-state index contributed by atoms with van der Waals surface area (Å²) >= 11 is 0.